The average Bonchev–Trinajstić information content (AvgIpc) is 2.92. The lowest BCUT2D eigenvalue weighted by Crippen LogP contribution is -1.96. The smallest absolute Gasteiger partial charge is 0.184 e. The molecule has 0 atom stereocenters. The molecule has 2 heterocycles. The third-order valence-electron chi connectivity index (χ3n) is 2.50. The molecule has 3 aromatic rings. The maximum Gasteiger partial charge on any atom is 0.184 e. The van der Waals surface area contributed by atoms with Crippen LogP contribution >= 0.6 is 11.3 Å². The highest BCUT2D eigenvalue weighted by atomic mass is 32.1. The zero-order valence-corrected chi connectivity index (χ0v) is 10.6. The van der Waals surface area contributed by atoms with Crippen LogP contribution in [0.4, 0.5) is 10.8 Å². The molecule has 0 saturated carbocycles. The van der Waals surface area contributed by atoms with Gasteiger partial charge in [0.15, 0.2) is 10.9 Å². The standard InChI is InChI=1S/C12H12N4OS/c1-7-4-9(17-16-7)6-14-12-15-10-3-2-8(13)5-11(10)18-12/h2-5H,6,13H2,1H3,(H,14,15). The van der Waals surface area contributed by atoms with E-state index in [1.54, 1.807) is 11.3 Å². The van der Waals surface area contributed by atoms with Gasteiger partial charge in [-0.3, -0.25) is 0 Å². The predicted molar refractivity (Wildman–Crippen MR) is 72.6 cm³/mol. The molecule has 0 spiro atoms. The highest BCUT2D eigenvalue weighted by Crippen LogP contribution is 2.27. The Hall–Kier alpha value is -2.08. The van der Waals surface area contributed by atoms with Gasteiger partial charge in [-0.1, -0.05) is 16.5 Å². The van der Waals surface area contributed by atoms with Crippen LogP contribution in [-0.2, 0) is 6.54 Å². The number of hydrogen-bond donors (Lipinski definition) is 2. The summed E-state index contributed by atoms with van der Waals surface area (Å²) in [6.45, 7) is 2.48. The van der Waals surface area contributed by atoms with Gasteiger partial charge in [-0.05, 0) is 25.1 Å². The van der Waals surface area contributed by atoms with Crippen molar-refractivity contribution in [3.8, 4) is 0 Å². The normalized spacial score (nSPS) is 10.9. The van der Waals surface area contributed by atoms with Crippen LogP contribution in [-0.4, -0.2) is 10.1 Å². The lowest BCUT2D eigenvalue weighted by atomic mass is 10.3. The molecular weight excluding hydrogens is 248 g/mol. The minimum absolute atomic E-state index is 0.580. The number of nitrogen functional groups attached to an aromatic ring is 1. The van der Waals surface area contributed by atoms with Crippen LogP contribution in [0.2, 0.25) is 0 Å². The molecule has 2 aromatic heterocycles. The fraction of sp³-hybridized carbons (Fsp3) is 0.167. The van der Waals surface area contributed by atoms with E-state index < -0.39 is 0 Å². The summed E-state index contributed by atoms with van der Waals surface area (Å²) in [4.78, 5) is 4.47. The topological polar surface area (TPSA) is 77.0 Å². The van der Waals surface area contributed by atoms with Crippen LogP contribution in [0.25, 0.3) is 10.2 Å². The van der Waals surface area contributed by atoms with Crippen molar-refractivity contribution >= 4 is 32.4 Å². The van der Waals surface area contributed by atoms with Crippen LogP contribution in [0.1, 0.15) is 11.5 Å². The van der Waals surface area contributed by atoms with Crippen molar-refractivity contribution < 1.29 is 4.52 Å². The number of nitrogens with one attached hydrogen (secondary N) is 1. The van der Waals surface area contributed by atoms with E-state index in [4.69, 9.17) is 10.3 Å². The molecule has 0 aliphatic carbocycles. The molecule has 0 amide bonds. The number of nitrogens with zero attached hydrogens (tertiary/aromatic N) is 2. The van der Waals surface area contributed by atoms with Crippen molar-refractivity contribution in [2.75, 3.05) is 11.1 Å². The van der Waals surface area contributed by atoms with Crippen LogP contribution in [0, 0.1) is 6.92 Å². The summed E-state index contributed by atoms with van der Waals surface area (Å²) < 4.78 is 6.20. The third-order valence-corrected chi connectivity index (χ3v) is 3.48. The molecule has 0 saturated heterocycles. The largest absolute Gasteiger partial charge is 0.399 e. The Kier molecular flexibility index (Phi) is 2.64. The Morgan fingerprint density at radius 1 is 1.39 bits per heavy atom. The van der Waals surface area contributed by atoms with E-state index >= 15 is 0 Å². The fourth-order valence-electron chi connectivity index (χ4n) is 1.68. The second-order valence-electron chi connectivity index (χ2n) is 4.03. The van der Waals surface area contributed by atoms with Gasteiger partial charge in [0, 0.05) is 11.8 Å². The average molecular weight is 260 g/mol. The molecule has 0 bridgehead atoms. The molecule has 0 fully saturated rings. The lowest BCUT2D eigenvalue weighted by Gasteiger charge is -1.96. The Balaban J connectivity index is 1.78. The monoisotopic (exact) mass is 260 g/mol. The first-order valence-electron chi connectivity index (χ1n) is 5.53. The zero-order valence-electron chi connectivity index (χ0n) is 9.80. The summed E-state index contributed by atoms with van der Waals surface area (Å²) in [5, 5.41) is 7.90. The van der Waals surface area contributed by atoms with Crippen molar-refractivity contribution in [2.24, 2.45) is 0 Å². The van der Waals surface area contributed by atoms with Gasteiger partial charge >= 0.3 is 0 Å². The van der Waals surface area contributed by atoms with Crippen molar-refractivity contribution in [1.82, 2.24) is 10.1 Å². The van der Waals surface area contributed by atoms with Gasteiger partial charge in [-0.25, -0.2) is 4.98 Å². The number of hydrogen-bond acceptors (Lipinski definition) is 6. The Bertz CT molecular complexity index is 688. The second-order valence-corrected chi connectivity index (χ2v) is 5.06. The lowest BCUT2D eigenvalue weighted by molar-refractivity contribution is 0.384. The minimum Gasteiger partial charge on any atom is -0.399 e. The van der Waals surface area contributed by atoms with Crippen molar-refractivity contribution in [3.05, 3.63) is 35.7 Å². The highest BCUT2D eigenvalue weighted by molar-refractivity contribution is 7.22. The molecule has 0 aliphatic rings. The summed E-state index contributed by atoms with van der Waals surface area (Å²) >= 11 is 1.57. The first-order valence-corrected chi connectivity index (χ1v) is 6.34. The SMILES string of the molecule is Cc1cc(CNc2nc3ccc(N)cc3s2)on1. The van der Waals surface area contributed by atoms with Crippen molar-refractivity contribution in [2.45, 2.75) is 13.5 Å². The second kappa shape index (κ2) is 4.30. The number of anilines is 2. The molecule has 6 heteroatoms. The number of aryl methyl sites for hydroxylation is 1. The molecule has 0 unspecified atom stereocenters. The van der Waals surface area contributed by atoms with Crippen LogP contribution in [0.5, 0.6) is 0 Å². The van der Waals surface area contributed by atoms with E-state index in [1.165, 1.54) is 0 Å². The Morgan fingerprint density at radius 2 is 2.28 bits per heavy atom. The van der Waals surface area contributed by atoms with Crippen LogP contribution in [0.3, 0.4) is 0 Å². The number of thiazole rings is 1. The number of benzene rings is 1. The minimum atomic E-state index is 0.580. The quantitative estimate of drug-likeness (QED) is 0.708. The summed E-state index contributed by atoms with van der Waals surface area (Å²) in [5.74, 6) is 0.797. The van der Waals surface area contributed by atoms with Crippen LogP contribution in [0.15, 0.2) is 28.8 Å². The molecule has 0 aliphatic heterocycles. The van der Waals surface area contributed by atoms with E-state index in [2.05, 4.69) is 15.5 Å². The van der Waals surface area contributed by atoms with Gasteiger partial charge in [0.05, 0.1) is 22.5 Å². The fourth-order valence-corrected chi connectivity index (χ4v) is 2.59. The van der Waals surface area contributed by atoms with Gasteiger partial charge in [-0.15, -0.1) is 0 Å². The Morgan fingerprint density at radius 3 is 3.06 bits per heavy atom. The number of nitrogens with two attached hydrogens (primary N) is 1. The maximum absolute atomic E-state index is 5.74. The van der Waals surface area contributed by atoms with Gasteiger partial charge in [0.25, 0.3) is 0 Å². The molecule has 3 rings (SSSR count). The van der Waals surface area contributed by atoms with Gasteiger partial charge in [-0.2, -0.15) is 0 Å². The first kappa shape index (κ1) is 11.0. The van der Waals surface area contributed by atoms with E-state index in [1.807, 2.05) is 31.2 Å². The predicted octanol–water partition coefficient (Wildman–Crippen LogP) is 2.79. The molecule has 1 aromatic carbocycles. The molecule has 92 valence electrons. The van der Waals surface area contributed by atoms with Gasteiger partial charge in [0.1, 0.15) is 0 Å². The van der Waals surface area contributed by atoms with Crippen molar-refractivity contribution in [3.63, 3.8) is 0 Å². The summed E-state index contributed by atoms with van der Waals surface area (Å²) in [5.41, 5.74) is 8.32. The molecule has 0 radical (unpaired) electrons. The molecule has 18 heavy (non-hydrogen) atoms. The molecular formula is C12H12N4OS. The number of fused-ring (bicyclic) bond motifs is 1. The first-order chi connectivity index (χ1) is 8.70. The molecule has 3 N–H and O–H groups in total. The maximum atomic E-state index is 5.74. The van der Waals surface area contributed by atoms with Gasteiger partial charge < -0.3 is 15.6 Å². The third kappa shape index (κ3) is 2.14. The zero-order chi connectivity index (χ0) is 12.5. The number of rotatable bonds is 3. The highest BCUT2D eigenvalue weighted by Gasteiger charge is 2.05. The van der Waals surface area contributed by atoms with E-state index in [0.29, 0.717) is 6.54 Å². The van der Waals surface area contributed by atoms with E-state index in [0.717, 1.165) is 32.5 Å². The summed E-state index contributed by atoms with van der Waals surface area (Å²) in [7, 11) is 0. The van der Waals surface area contributed by atoms with Gasteiger partial charge in [0.2, 0.25) is 0 Å². The van der Waals surface area contributed by atoms with Crippen LogP contribution < -0.4 is 11.1 Å². The Labute approximate surface area is 108 Å². The number of aromatic nitrogens is 2. The van der Waals surface area contributed by atoms with E-state index in [-0.39, 0.29) is 0 Å². The summed E-state index contributed by atoms with van der Waals surface area (Å²) in [6, 6.07) is 7.60. The molecule has 5 nitrogen and oxygen atoms in total. The summed E-state index contributed by atoms with van der Waals surface area (Å²) in [6.07, 6.45) is 0. The van der Waals surface area contributed by atoms with Crippen molar-refractivity contribution in [1.29, 1.82) is 0 Å². The van der Waals surface area contributed by atoms with E-state index in [9.17, 15) is 0 Å².